The zero-order chi connectivity index (χ0) is 17.4. The number of para-hydroxylation sites is 1. The maximum atomic E-state index is 14.0. The van der Waals surface area contributed by atoms with Gasteiger partial charge >= 0.3 is 0 Å². The number of rotatable bonds is 2. The molecule has 1 atom stereocenters. The number of hydrogen-bond donors (Lipinski definition) is 1. The van der Waals surface area contributed by atoms with E-state index < -0.39 is 5.60 Å². The van der Waals surface area contributed by atoms with Crippen molar-refractivity contribution in [3.05, 3.63) is 59.9 Å². The van der Waals surface area contributed by atoms with E-state index in [9.17, 15) is 9.50 Å². The van der Waals surface area contributed by atoms with Crippen LogP contribution in [0.1, 0.15) is 24.8 Å². The molecule has 0 radical (unpaired) electrons. The molecular formula is C20H22FN3O. The topological polar surface area (TPSA) is 41.3 Å². The van der Waals surface area contributed by atoms with Crippen LogP contribution < -0.4 is 4.90 Å². The lowest BCUT2D eigenvalue weighted by atomic mass is 9.87. The van der Waals surface area contributed by atoms with E-state index in [0.29, 0.717) is 24.9 Å². The van der Waals surface area contributed by atoms with E-state index >= 15 is 0 Å². The van der Waals surface area contributed by atoms with E-state index in [1.165, 1.54) is 6.07 Å². The summed E-state index contributed by atoms with van der Waals surface area (Å²) >= 11 is 0. The summed E-state index contributed by atoms with van der Waals surface area (Å²) in [7, 11) is 1.92. The fourth-order valence-electron chi connectivity index (χ4n) is 3.81. The van der Waals surface area contributed by atoms with Gasteiger partial charge in [-0.15, -0.1) is 0 Å². The van der Waals surface area contributed by atoms with Crippen molar-refractivity contribution >= 4 is 17.0 Å². The van der Waals surface area contributed by atoms with Crippen LogP contribution in [-0.4, -0.2) is 27.7 Å². The summed E-state index contributed by atoms with van der Waals surface area (Å²) in [6.07, 6.45) is 2.20. The van der Waals surface area contributed by atoms with E-state index in [4.69, 9.17) is 0 Å². The third kappa shape index (κ3) is 2.78. The van der Waals surface area contributed by atoms with Gasteiger partial charge < -0.3 is 14.6 Å². The Morgan fingerprint density at radius 3 is 2.60 bits per heavy atom. The first-order valence-corrected chi connectivity index (χ1v) is 8.72. The van der Waals surface area contributed by atoms with Gasteiger partial charge in [-0.05, 0) is 37.0 Å². The number of hydrogen-bond acceptors (Lipinski definition) is 3. The number of aryl methyl sites for hydroxylation is 1. The lowest BCUT2D eigenvalue weighted by molar-refractivity contribution is 0.0244. The van der Waals surface area contributed by atoms with Crippen molar-refractivity contribution in [2.45, 2.75) is 24.9 Å². The molecule has 1 aliphatic heterocycles. The van der Waals surface area contributed by atoms with Crippen LogP contribution in [0.5, 0.6) is 0 Å². The highest BCUT2D eigenvalue weighted by molar-refractivity contribution is 5.79. The van der Waals surface area contributed by atoms with Gasteiger partial charge in [0.25, 0.3) is 0 Å². The zero-order valence-corrected chi connectivity index (χ0v) is 14.3. The molecule has 1 aromatic heterocycles. The molecule has 0 saturated carbocycles. The second-order valence-corrected chi connectivity index (χ2v) is 6.82. The fraction of sp³-hybridized carbons (Fsp3) is 0.350. The number of anilines is 1. The van der Waals surface area contributed by atoms with Crippen molar-refractivity contribution in [2.24, 2.45) is 7.05 Å². The maximum Gasteiger partial charge on any atom is 0.206 e. The van der Waals surface area contributed by atoms with Gasteiger partial charge in [-0.2, -0.15) is 0 Å². The van der Waals surface area contributed by atoms with Crippen molar-refractivity contribution in [3.63, 3.8) is 0 Å². The van der Waals surface area contributed by atoms with Gasteiger partial charge in [0, 0.05) is 20.1 Å². The van der Waals surface area contributed by atoms with Crippen molar-refractivity contribution < 1.29 is 9.50 Å². The van der Waals surface area contributed by atoms with Gasteiger partial charge in [0.15, 0.2) is 5.82 Å². The molecule has 1 unspecified atom stereocenters. The average molecular weight is 339 g/mol. The molecule has 0 amide bonds. The number of benzene rings is 2. The summed E-state index contributed by atoms with van der Waals surface area (Å²) in [5.41, 5.74) is 1.35. The van der Waals surface area contributed by atoms with Gasteiger partial charge in [-0.3, -0.25) is 0 Å². The van der Waals surface area contributed by atoms with Crippen LogP contribution >= 0.6 is 0 Å². The predicted molar refractivity (Wildman–Crippen MR) is 97.1 cm³/mol. The van der Waals surface area contributed by atoms with E-state index in [1.54, 1.807) is 6.07 Å². The fourth-order valence-corrected chi connectivity index (χ4v) is 3.81. The molecule has 0 bridgehead atoms. The van der Waals surface area contributed by atoms with Gasteiger partial charge in [0.2, 0.25) is 5.95 Å². The minimum Gasteiger partial charge on any atom is -0.385 e. The average Bonchev–Trinajstić information content (AvgIpc) is 2.84. The maximum absolute atomic E-state index is 14.0. The molecular weight excluding hydrogens is 317 g/mol. The molecule has 1 fully saturated rings. The number of aliphatic hydroxyl groups is 1. The normalized spacial score (nSPS) is 21.5. The smallest absolute Gasteiger partial charge is 0.206 e. The summed E-state index contributed by atoms with van der Waals surface area (Å²) in [6.45, 7) is 1.48. The first-order chi connectivity index (χ1) is 12.1. The Morgan fingerprint density at radius 2 is 1.84 bits per heavy atom. The molecule has 2 heterocycles. The Bertz CT molecular complexity index is 893. The zero-order valence-electron chi connectivity index (χ0n) is 14.3. The number of halogens is 1. The minimum absolute atomic E-state index is 0.296. The largest absolute Gasteiger partial charge is 0.385 e. The van der Waals surface area contributed by atoms with Crippen LogP contribution in [0.4, 0.5) is 10.3 Å². The van der Waals surface area contributed by atoms with E-state index in [0.717, 1.165) is 30.0 Å². The lowest BCUT2D eigenvalue weighted by Crippen LogP contribution is -2.30. The third-order valence-corrected chi connectivity index (χ3v) is 5.25. The molecule has 4 nitrogen and oxygen atoms in total. The molecule has 0 aliphatic carbocycles. The van der Waals surface area contributed by atoms with Crippen molar-refractivity contribution in [3.8, 4) is 0 Å². The number of nitrogens with zero attached hydrogens (tertiary/aromatic N) is 3. The van der Waals surface area contributed by atoms with Crippen molar-refractivity contribution in [2.75, 3.05) is 18.0 Å². The number of aromatic nitrogens is 2. The molecule has 130 valence electrons. The SMILES string of the molecule is Cn1c(N2CCCC(O)(c3ccccc3)CC2)nc2c(F)cccc21. The monoisotopic (exact) mass is 339 g/mol. The second-order valence-electron chi connectivity index (χ2n) is 6.82. The van der Waals surface area contributed by atoms with Crippen LogP contribution in [0, 0.1) is 5.82 Å². The van der Waals surface area contributed by atoms with Crippen molar-refractivity contribution in [1.29, 1.82) is 0 Å². The standard InChI is InChI=1S/C20H22FN3O/c1-23-17-10-5-9-16(21)18(17)22-19(23)24-13-6-11-20(25,12-14-24)15-7-3-2-4-8-15/h2-5,7-10,25H,6,11-14H2,1H3. The van der Waals surface area contributed by atoms with Crippen LogP contribution in [0.25, 0.3) is 11.0 Å². The summed E-state index contributed by atoms with van der Waals surface area (Å²) in [5.74, 6) is 0.465. The highest BCUT2D eigenvalue weighted by atomic mass is 19.1. The third-order valence-electron chi connectivity index (χ3n) is 5.25. The minimum atomic E-state index is -0.814. The van der Waals surface area contributed by atoms with Gasteiger partial charge in [0.05, 0.1) is 11.1 Å². The van der Waals surface area contributed by atoms with Crippen LogP contribution in [0.2, 0.25) is 0 Å². The van der Waals surface area contributed by atoms with Crippen LogP contribution in [-0.2, 0) is 12.6 Å². The summed E-state index contributed by atoms with van der Waals surface area (Å²) in [5, 5.41) is 11.1. The Labute approximate surface area is 146 Å². The Kier molecular flexibility index (Phi) is 3.96. The molecule has 0 spiro atoms. The van der Waals surface area contributed by atoms with Gasteiger partial charge in [-0.1, -0.05) is 36.4 Å². The second kappa shape index (κ2) is 6.15. The quantitative estimate of drug-likeness (QED) is 0.776. The van der Waals surface area contributed by atoms with Crippen LogP contribution in [0.15, 0.2) is 48.5 Å². The van der Waals surface area contributed by atoms with Gasteiger partial charge in [0.1, 0.15) is 5.52 Å². The first kappa shape index (κ1) is 16.1. The molecule has 1 saturated heterocycles. The first-order valence-electron chi connectivity index (χ1n) is 8.72. The van der Waals surface area contributed by atoms with Gasteiger partial charge in [-0.25, -0.2) is 9.37 Å². The Morgan fingerprint density at radius 1 is 1.04 bits per heavy atom. The number of imidazole rings is 1. The molecule has 5 heteroatoms. The molecule has 4 rings (SSSR count). The molecule has 2 aromatic carbocycles. The Hall–Kier alpha value is -2.40. The van der Waals surface area contributed by atoms with E-state index in [2.05, 4.69) is 9.88 Å². The highest BCUT2D eigenvalue weighted by Gasteiger charge is 2.32. The molecule has 1 aliphatic rings. The summed E-state index contributed by atoms with van der Waals surface area (Å²) in [6, 6.07) is 14.9. The molecule has 3 aromatic rings. The van der Waals surface area contributed by atoms with E-state index in [1.807, 2.05) is 48.0 Å². The van der Waals surface area contributed by atoms with Crippen LogP contribution in [0.3, 0.4) is 0 Å². The highest BCUT2D eigenvalue weighted by Crippen LogP contribution is 2.34. The summed E-state index contributed by atoms with van der Waals surface area (Å²) in [4.78, 5) is 6.68. The Balaban J connectivity index is 1.64. The lowest BCUT2D eigenvalue weighted by Gasteiger charge is -2.27. The van der Waals surface area contributed by atoms with E-state index in [-0.39, 0.29) is 5.82 Å². The summed E-state index contributed by atoms with van der Waals surface area (Å²) < 4.78 is 16.0. The van der Waals surface area contributed by atoms with Crippen molar-refractivity contribution in [1.82, 2.24) is 9.55 Å². The number of fused-ring (bicyclic) bond motifs is 1. The molecule has 1 N–H and O–H groups in total. The molecule has 25 heavy (non-hydrogen) atoms. The predicted octanol–water partition coefficient (Wildman–Crippen LogP) is 3.59.